The maximum Gasteiger partial charge on any atom is 0.322 e. The van der Waals surface area contributed by atoms with Crippen LogP contribution in [0.2, 0.25) is 0 Å². The van der Waals surface area contributed by atoms with Crippen molar-refractivity contribution in [2.45, 2.75) is 156 Å². The lowest BCUT2D eigenvalue weighted by Crippen LogP contribution is -2.59. The van der Waals surface area contributed by atoms with Crippen molar-refractivity contribution in [2.24, 2.45) is 17.3 Å². The number of piperidine rings is 1. The van der Waals surface area contributed by atoms with Crippen molar-refractivity contribution in [2.75, 3.05) is 32.0 Å². The van der Waals surface area contributed by atoms with Gasteiger partial charge in [-0.3, -0.25) is 33.7 Å². The van der Waals surface area contributed by atoms with E-state index in [2.05, 4.69) is 32.8 Å². The van der Waals surface area contributed by atoms with E-state index in [9.17, 15) is 33.9 Å². The Morgan fingerprint density at radius 1 is 1.00 bits per heavy atom. The van der Waals surface area contributed by atoms with Gasteiger partial charge >= 0.3 is 17.9 Å². The Kier molecular flexibility index (Phi) is 20.8. The fourth-order valence-corrected chi connectivity index (χ4v) is 8.78. The molecule has 6 atom stereocenters. The second-order valence-electron chi connectivity index (χ2n) is 17.9. The highest BCUT2D eigenvalue weighted by Gasteiger charge is 2.39. The zero-order valence-corrected chi connectivity index (χ0v) is 39.1. The summed E-state index contributed by atoms with van der Waals surface area (Å²) in [7, 11) is 1.95. The highest BCUT2D eigenvalue weighted by molar-refractivity contribution is 7.09. The Labute approximate surface area is 372 Å². The number of ether oxygens (including phenoxy) is 1. The minimum atomic E-state index is -1.18. The number of hydrogen-bond donors (Lipinski definition) is 5. The van der Waals surface area contributed by atoms with Gasteiger partial charge in [0.1, 0.15) is 23.3 Å². The lowest BCUT2D eigenvalue weighted by molar-refractivity contribution is -0.150. The normalized spacial score (nSPS) is 17.0. The van der Waals surface area contributed by atoms with Gasteiger partial charge < -0.3 is 35.8 Å². The molecule has 0 aliphatic carbocycles. The first kappa shape index (κ1) is 51.8. The number of thiazole rings is 1. The van der Waals surface area contributed by atoms with Crippen LogP contribution in [0.4, 0.5) is 5.69 Å². The average molecular weight is 885 g/mol. The predicted octanol–water partition coefficient (Wildman–Crippen LogP) is 6.92. The molecule has 1 aliphatic heterocycles. The van der Waals surface area contributed by atoms with Crippen LogP contribution >= 0.6 is 11.3 Å². The minimum absolute atomic E-state index is 0.0781. The monoisotopic (exact) mass is 885 g/mol. The molecule has 1 saturated heterocycles. The van der Waals surface area contributed by atoms with Gasteiger partial charge in [0.2, 0.25) is 11.8 Å². The van der Waals surface area contributed by atoms with Gasteiger partial charge in [-0.05, 0) is 89.1 Å². The van der Waals surface area contributed by atoms with Crippen molar-refractivity contribution in [3.8, 4) is 0 Å². The average Bonchev–Trinajstić information content (AvgIpc) is 3.71. The molecule has 1 aromatic carbocycles. The van der Waals surface area contributed by atoms with Crippen LogP contribution in [-0.4, -0.2) is 111 Å². The molecule has 1 aromatic heterocycles. The molecule has 3 amide bonds. The molecule has 1 fully saturated rings. The topological polar surface area (TPSA) is 208 Å². The third kappa shape index (κ3) is 16.0. The van der Waals surface area contributed by atoms with E-state index >= 15 is 0 Å². The number of likely N-dealkylation sites (tertiary alicyclic amines) is 1. The van der Waals surface area contributed by atoms with Crippen molar-refractivity contribution in [1.82, 2.24) is 25.4 Å². The van der Waals surface area contributed by atoms with Gasteiger partial charge in [-0.1, -0.05) is 78.9 Å². The van der Waals surface area contributed by atoms with Gasteiger partial charge in [0.15, 0.2) is 6.10 Å². The van der Waals surface area contributed by atoms with Gasteiger partial charge in [-0.15, -0.1) is 11.3 Å². The van der Waals surface area contributed by atoms with Crippen LogP contribution in [0.1, 0.15) is 147 Å². The van der Waals surface area contributed by atoms with Gasteiger partial charge in [0.25, 0.3) is 5.91 Å². The number of carbonyl (C=O) groups excluding carboxylic acids is 4. The van der Waals surface area contributed by atoms with E-state index in [-0.39, 0.29) is 54.8 Å². The molecule has 1 aliphatic rings. The van der Waals surface area contributed by atoms with E-state index in [4.69, 9.17) is 9.84 Å². The summed E-state index contributed by atoms with van der Waals surface area (Å²) in [5, 5.41) is 29.9. The van der Waals surface area contributed by atoms with Gasteiger partial charge in [-0.2, -0.15) is 0 Å². The molecule has 0 spiro atoms. The summed E-state index contributed by atoms with van der Waals surface area (Å²) in [6, 6.07) is 4.96. The van der Waals surface area contributed by atoms with Crippen LogP contribution in [0.5, 0.6) is 0 Å². The van der Waals surface area contributed by atoms with Gasteiger partial charge in [-0.25, -0.2) is 4.98 Å². The summed E-state index contributed by atoms with van der Waals surface area (Å²) < 4.78 is 5.92. The summed E-state index contributed by atoms with van der Waals surface area (Å²) in [5.41, 5.74) is 0.308. The Morgan fingerprint density at radius 3 is 2.27 bits per heavy atom. The predicted molar refractivity (Wildman–Crippen MR) is 241 cm³/mol. The third-order valence-electron chi connectivity index (χ3n) is 11.9. The zero-order valence-electron chi connectivity index (χ0n) is 38.3. The molecular formula is C46H72N6O9S. The summed E-state index contributed by atoms with van der Waals surface area (Å²) in [5.74, 6) is -3.60. The summed E-state index contributed by atoms with van der Waals surface area (Å²) >= 11 is 1.17. The number of rotatable bonds is 26. The fourth-order valence-electron chi connectivity index (χ4n) is 7.94. The van der Waals surface area contributed by atoms with Crippen molar-refractivity contribution in [3.63, 3.8) is 0 Å². The zero-order chi connectivity index (χ0) is 46.1. The third-order valence-corrected chi connectivity index (χ3v) is 12.8. The largest absolute Gasteiger partial charge is 0.481 e. The number of nitrogens with one attached hydrogen (secondary N) is 3. The number of aliphatic carboxylic acids is 2. The van der Waals surface area contributed by atoms with E-state index in [1.165, 1.54) is 18.3 Å². The molecule has 3 rings (SSSR count). The maximum absolute atomic E-state index is 14.9. The summed E-state index contributed by atoms with van der Waals surface area (Å²) in [6.07, 6.45) is 6.86. The highest BCUT2D eigenvalue weighted by atomic mass is 32.1. The smallest absolute Gasteiger partial charge is 0.322 e. The van der Waals surface area contributed by atoms with Crippen LogP contribution in [-0.2, 0) is 35.1 Å². The molecule has 15 nitrogen and oxygen atoms in total. The number of aromatic nitrogens is 1. The Hall–Kier alpha value is -4.57. The number of hydrogen-bond acceptors (Lipinski definition) is 11. The molecule has 0 unspecified atom stereocenters. The van der Waals surface area contributed by atoms with Crippen molar-refractivity contribution in [1.29, 1.82) is 0 Å². The number of amides is 3. The molecule has 2 aromatic rings. The van der Waals surface area contributed by atoms with Crippen LogP contribution < -0.4 is 16.0 Å². The van der Waals surface area contributed by atoms with Gasteiger partial charge in [0.05, 0.1) is 11.5 Å². The molecule has 62 heavy (non-hydrogen) atoms. The van der Waals surface area contributed by atoms with E-state index in [0.717, 1.165) is 57.1 Å². The molecule has 5 N–H and O–H groups in total. The first-order valence-electron chi connectivity index (χ1n) is 22.3. The van der Waals surface area contributed by atoms with Crippen molar-refractivity contribution in [3.05, 3.63) is 45.9 Å². The van der Waals surface area contributed by atoms with Crippen molar-refractivity contribution < 1.29 is 43.7 Å². The number of esters is 1. The molecule has 346 valence electrons. The number of unbranched alkanes of at least 4 members (excludes halogenated alkanes) is 3. The number of carboxylic acid groups (broad SMARTS) is 2. The van der Waals surface area contributed by atoms with E-state index in [1.807, 2.05) is 39.6 Å². The van der Waals surface area contributed by atoms with Crippen LogP contribution in [0.25, 0.3) is 0 Å². The Morgan fingerprint density at radius 2 is 1.69 bits per heavy atom. The number of anilines is 1. The first-order valence-corrected chi connectivity index (χ1v) is 23.2. The number of likely N-dealkylation sites (N-methyl/N-ethyl adjacent to an activating group) is 1. The lowest BCUT2D eigenvalue weighted by atomic mass is 9.84. The molecule has 16 heteroatoms. The second-order valence-corrected chi connectivity index (χ2v) is 18.8. The molecular weight excluding hydrogens is 813 g/mol. The minimum Gasteiger partial charge on any atom is -0.481 e. The number of carboxylic acids is 2. The quantitative estimate of drug-likeness (QED) is 0.0482. The molecule has 2 heterocycles. The second kappa shape index (κ2) is 24.9. The fraction of sp³-hybridized carbons (Fsp3) is 0.674. The van der Waals surface area contributed by atoms with E-state index in [0.29, 0.717) is 30.1 Å². The number of nitrogens with zero attached hydrogens (tertiary/aromatic N) is 3. The lowest BCUT2D eigenvalue weighted by Gasteiger charge is -2.40. The molecule has 0 radical (unpaired) electrons. The maximum atomic E-state index is 14.9. The van der Waals surface area contributed by atoms with Crippen molar-refractivity contribution >= 4 is 52.7 Å². The number of benzene rings is 1. The highest BCUT2D eigenvalue weighted by Crippen LogP contribution is 2.32. The van der Waals surface area contributed by atoms with Crippen LogP contribution in [0, 0.1) is 17.3 Å². The van der Waals surface area contributed by atoms with Crippen LogP contribution in [0.3, 0.4) is 0 Å². The Bertz CT molecular complexity index is 1780. The Balaban J connectivity index is 1.93. The first-order chi connectivity index (χ1) is 29.3. The summed E-state index contributed by atoms with van der Waals surface area (Å²) in [6.45, 7) is 15.7. The van der Waals surface area contributed by atoms with E-state index in [1.54, 1.807) is 43.5 Å². The van der Waals surface area contributed by atoms with Gasteiger partial charge in [0, 0.05) is 43.0 Å². The molecule has 0 saturated carbocycles. The van der Waals surface area contributed by atoms with E-state index < -0.39 is 53.5 Å². The molecule has 0 bridgehead atoms. The number of carbonyl (C=O) groups is 6. The standard InChI is InChI=1S/C46H72N6O9S/c1-10-12-13-15-23-52(44(58)40(30(5)11-2)50-42(57)36-17-14-16-22-51(36)9)37(29(3)4)25-38(61-31(6)53)43-49-35(28-62-43)41(56)48-34(26-46(7,8)45(59)60)24-32-18-20-33(21-19-32)47-27-39(54)55/h18-21,28-30,34,36-38,40,47H,10-17,22-27H2,1-9H3,(H,48,56)(H,50,57)(H,54,55)(H,59,60)/t30-,34-,36+,37+,38+,40-/m0/s1. The summed E-state index contributed by atoms with van der Waals surface area (Å²) in [4.78, 5) is 86.9. The SMILES string of the molecule is CCCCCCN(C(=O)[C@@H](NC(=O)[C@H]1CCCCN1C)[C@@H](C)CC)[C@H](C[C@@H](OC(C)=O)c1nc(C(=O)N[C@@H](Cc2ccc(NCC(=O)O)cc2)CC(C)(C)C(=O)O)cs1)C(C)C. The van der Waals surface area contributed by atoms with Crippen LogP contribution in [0.15, 0.2) is 29.6 Å².